The molecular formula is C11H15N3S. The largest absolute Gasteiger partial charge is 0.333 e. The van der Waals surface area contributed by atoms with Crippen LogP contribution in [0.5, 0.6) is 0 Å². The Morgan fingerprint density at radius 3 is 3.20 bits per heavy atom. The molecule has 0 fully saturated rings. The maximum absolute atomic E-state index is 4.17. The van der Waals surface area contributed by atoms with Crippen LogP contribution in [0.1, 0.15) is 11.3 Å². The molecule has 2 heterocycles. The number of aryl methyl sites for hydroxylation is 2. The van der Waals surface area contributed by atoms with E-state index in [2.05, 4.69) is 31.7 Å². The van der Waals surface area contributed by atoms with Crippen LogP contribution in [0.25, 0.3) is 0 Å². The molecule has 0 aliphatic rings. The molecule has 0 aliphatic heterocycles. The zero-order chi connectivity index (χ0) is 10.5. The molecule has 0 bridgehead atoms. The topological polar surface area (TPSA) is 29.9 Å². The minimum Gasteiger partial charge on any atom is -0.333 e. The Morgan fingerprint density at radius 1 is 1.53 bits per heavy atom. The SMILES string of the molecule is CNCc1cncn1CCc1ccsc1. The second-order valence-electron chi connectivity index (χ2n) is 3.49. The third-order valence-electron chi connectivity index (χ3n) is 2.38. The van der Waals surface area contributed by atoms with Gasteiger partial charge in [0.05, 0.1) is 12.0 Å². The van der Waals surface area contributed by atoms with Crippen molar-refractivity contribution in [2.24, 2.45) is 0 Å². The summed E-state index contributed by atoms with van der Waals surface area (Å²) in [6.07, 6.45) is 4.90. The van der Waals surface area contributed by atoms with E-state index in [1.807, 2.05) is 19.6 Å². The predicted octanol–water partition coefficient (Wildman–Crippen LogP) is 1.91. The average Bonchev–Trinajstić information content (AvgIpc) is 2.85. The lowest BCUT2D eigenvalue weighted by Crippen LogP contribution is -2.11. The summed E-state index contributed by atoms with van der Waals surface area (Å²) >= 11 is 1.75. The zero-order valence-electron chi connectivity index (χ0n) is 8.81. The molecule has 3 nitrogen and oxygen atoms in total. The van der Waals surface area contributed by atoms with Crippen molar-refractivity contribution in [1.82, 2.24) is 14.9 Å². The quantitative estimate of drug-likeness (QED) is 0.836. The fraction of sp³-hybridized carbons (Fsp3) is 0.364. The molecule has 80 valence electrons. The first-order valence-electron chi connectivity index (χ1n) is 5.05. The van der Waals surface area contributed by atoms with Crippen LogP contribution in [0.2, 0.25) is 0 Å². The monoisotopic (exact) mass is 221 g/mol. The molecule has 0 unspecified atom stereocenters. The molecule has 2 aromatic heterocycles. The highest BCUT2D eigenvalue weighted by atomic mass is 32.1. The number of hydrogen-bond donors (Lipinski definition) is 1. The van der Waals surface area contributed by atoms with Crippen LogP contribution in [0, 0.1) is 0 Å². The van der Waals surface area contributed by atoms with E-state index in [1.165, 1.54) is 11.3 Å². The summed E-state index contributed by atoms with van der Waals surface area (Å²) in [5, 5.41) is 7.47. The van der Waals surface area contributed by atoms with E-state index >= 15 is 0 Å². The van der Waals surface area contributed by atoms with Gasteiger partial charge in [0.2, 0.25) is 0 Å². The van der Waals surface area contributed by atoms with Crippen molar-refractivity contribution in [2.45, 2.75) is 19.5 Å². The molecule has 1 N–H and O–H groups in total. The van der Waals surface area contributed by atoms with Crippen LogP contribution in [-0.2, 0) is 19.5 Å². The highest BCUT2D eigenvalue weighted by Crippen LogP contribution is 2.08. The first-order chi connectivity index (χ1) is 7.40. The Bertz CT molecular complexity index is 392. The number of rotatable bonds is 5. The maximum atomic E-state index is 4.17. The Balaban J connectivity index is 1.95. The van der Waals surface area contributed by atoms with Crippen LogP contribution in [-0.4, -0.2) is 16.6 Å². The van der Waals surface area contributed by atoms with Gasteiger partial charge in [-0.1, -0.05) is 0 Å². The van der Waals surface area contributed by atoms with Gasteiger partial charge in [0.15, 0.2) is 0 Å². The van der Waals surface area contributed by atoms with Crippen molar-refractivity contribution in [1.29, 1.82) is 0 Å². The van der Waals surface area contributed by atoms with E-state index in [1.54, 1.807) is 11.3 Å². The molecule has 4 heteroatoms. The summed E-state index contributed by atoms with van der Waals surface area (Å²) in [5.41, 5.74) is 2.65. The summed E-state index contributed by atoms with van der Waals surface area (Å²) in [5.74, 6) is 0. The minimum atomic E-state index is 0.879. The lowest BCUT2D eigenvalue weighted by atomic mass is 10.2. The van der Waals surface area contributed by atoms with E-state index < -0.39 is 0 Å². The number of nitrogens with zero attached hydrogens (tertiary/aromatic N) is 2. The molecule has 0 saturated heterocycles. The van der Waals surface area contributed by atoms with E-state index in [0.29, 0.717) is 0 Å². The molecule has 0 aromatic carbocycles. The highest BCUT2D eigenvalue weighted by Gasteiger charge is 2.01. The molecule has 15 heavy (non-hydrogen) atoms. The molecule has 0 aliphatic carbocycles. The van der Waals surface area contributed by atoms with Crippen molar-refractivity contribution in [2.75, 3.05) is 7.05 Å². The van der Waals surface area contributed by atoms with Gasteiger partial charge in [-0.2, -0.15) is 11.3 Å². The number of hydrogen-bond acceptors (Lipinski definition) is 3. The van der Waals surface area contributed by atoms with E-state index in [-0.39, 0.29) is 0 Å². The van der Waals surface area contributed by atoms with Crippen LogP contribution in [0.15, 0.2) is 29.4 Å². The number of nitrogens with one attached hydrogen (secondary N) is 1. The second-order valence-corrected chi connectivity index (χ2v) is 4.27. The van der Waals surface area contributed by atoms with Gasteiger partial charge >= 0.3 is 0 Å². The molecule has 0 saturated carbocycles. The first-order valence-corrected chi connectivity index (χ1v) is 5.99. The third kappa shape index (κ3) is 2.67. The average molecular weight is 221 g/mol. The summed E-state index contributed by atoms with van der Waals surface area (Å²) in [4.78, 5) is 4.17. The Hall–Kier alpha value is -1.13. The van der Waals surface area contributed by atoms with E-state index in [4.69, 9.17) is 0 Å². The van der Waals surface area contributed by atoms with Crippen molar-refractivity contribution in [3.8, 4) is 0 Å². The molecule has 0 amide bonds. The van der Waals surface area contributed by atoms with Crippen LogP contribution in [0.4, 0.5) is 0 Å². The van der Waals surface area contributed by atoms with Gasteiger partial charge in [-0.05, 0) is 35.9 Å². The zero-order valence-corrected chi connectivity index (χ0v) is 9.63. The maximum Gasteiger partial charge on any atom is 0.0948 e. The van der Waals surface area contributed by atoms with Gasteiger partial charge in [-0.3, -0.25) is 0 Å². The minimum absolute atomic E-state index is 0.879. The Kier molecular flexibility index (Phi) is 3.53. The van der Waals surface area contributed by atoms with Crippen molar-refractivity contribution in [3.05, 3.63) is 40.6 Å². The lowest BCUT2D eigenvalue weighted by molar-refractivity contribution is 0.638. The number of thiophene rings is 1. The molecule has 0 atom stereocenters. The summed E-state index contributed by atoms with van der Waals surface area (Å²) in [7, 11) is 1.95. The normalized spacial score (nSPS) is 10.7. The lowest BCUT2D eigenvalue weighted by Gasteiger charge is -2.06. The number of aromatic nitrogens is 2. The highest BCUT2D eigenvalue weighted by molar-refractivity contribution is 7.07. The van der Waals surface area contributed by atoms with Gasteiger partial charge in [-0.15, -0.1) is 0 Å². The van der Waals surface area contributed by atoms with Gasteiger partial charge in [0.25, 0.3) is 0 Å². The van der Waals surface area contributed by atoms with Crippen LogP contribution >= 0.6 is 11.3 Å². The standard InChI is InChI=1S/C11H15N3S/c1-12-6-11-7-13-9-14(11)4-2-10-3-5-15-8-10/h3,5,7-9,12H,2,4,6H2,1H3. The fourth-order valence-corrected chi connectivity index (χ4v) is 2.27. The van der Waals surface area contributed by atoms with Crippen molar-refractivity contribution in [3.63, 3.8) is 0 Å². The third-order valence-corrected chi connectivity index (χ3v) is 3.11. The Morgan fingerprint density at radius 2 is 2.47 bits per heavy atom. The predicted molar refractivity (Wildman–Crippen MR) is 63.0 cm³/mol. The van der Waals surface area contributed by atoms with Gasteiger partial charge < -0.3 is 9.88 Å². The van der Waals surface area contributed by atoms with E-state index in [9.17, 15) is 0 Å². The van der Waals surface area contributed by atoms with E-state index in [0.717, 1.165) is 19.5 Å². The molecule has 0 radical (unpaired) electrons. The summed E-state index contributed by atoms with van der Waals surface area (Å²) < 4.78 is 2.20. The first kappa shape index (κ1) is 10.4. The molecule has 2 aromatic rings. The molecule has 0 spiro atoms. The summed E-state index contributed by atoms with van der Waals surface area (Å²) in [6.45, 7) is 1.89. The summed E-state index contributed by atoms with van der Waals surface area (Å²) in [6, 6.07) is 2.18. The van der Waals surface area contributed by atoms with Gasteiger partial charge in [0.1, 0.15) is 0 Å². The van der Waals surface area contributed by atoms with Crippen LogP contribution < -0.4 is 5.32 Å². The van der Waals surface area contributed by atoms with Crippen LogP contribution in [0.3, 0.4) is 0 Å². The molecular weight excluding hydrogens is 206 g/mol. The Labute approximate surface area is 93.8 Å². The fourth-order valence-electron chi connectivity index (χ4n) is 1.56. The van der Waals surface area contributed by atoms with Gasteiger partial charge in [-0.25, -0.2) is 4.98 Å². The van der Waals surface area contributed by atoms with Crippen molar-refractivity contribution >= 4 is 11.3 Å². The smallest absolute Gasteiger partial charge is 0.0948 e. The van der Waals surface area contributed by atoms with Gasteiger partial charge in [0, 0.05) is 19.3 Å². The second kappa shape index (κ2) is 5.09. The number of imidazole rings is 1. The van der Waals surface area contributed by atoms with Crippen molar-refractivity contribution < 1.29 is 0 Å². The molecule has 2 rings (SSSR count).